The zero-order chi connectivity index (χ0) is 13.0. The predicted octanol–water partition coefficient (Wildman–Crippen LogP) is 2.87. The van der Waals surface area contributed by atoms with E-state index in [0.717, 1.165) is 18.7 Å². The molecule has 1 saturated heterocycles. The molecule has 2 rings (SSSR count). The molecule has 1 aliphatic heterocycles. The molecule has 0 spiro atoms. The van der Waals surface area contributed by atoms with Gasteiger partial charge in [-0.2, -0.15) is 0 Å². The van der Waals surface area contributed by atoms with Gasteiger partial charge in [-0.15, -0.1) is 0 Å². The van der Waals surface area contributed by atoms with Crippen molar-refractivity contribution in [3.63, 3.8) is 0 Å². The highest BCUT2D eigenvalue weighted by Crippen LogP contribution is 2.29. The number of piperidine rings is 1. The minimum Gasteiger partial charge on any atom is -0.496 e. The van der Waals surface area contributed by atoms with Crippen molar-refractivity contribution in [2.24, 2.45) is 0 Å². The van der Waals surface area contributed by atoms with Gasteiger partial charge in [0.05, 0.1) is 13.2 Å². The van der Waals surface area contributed by atoms with Gasteiger partial charge < -0.3 is 14.7 Å². The molecule has 0 bridgehead atoms. The molecule has 1 aliphatic rings. The van der Waals surface area contributed by atoms with Crippen molar-refractivity contribution in [1.82, 2.24) is 4.90 Å². The summed E-state index contributed by atoms with van der Waals surface area (Å²) in [7, 11) is 1.61. The molecule has 1 atom stereocenters. The molecular weight excluding hydrogens is 250 g/mol. The molecule has 1 fully saturated rings. The van der Waals surface area contributed by atoms with E-state index in [1.807, 2.05) is 0 Å². The van der Waals surface area contributed by atoms with Crippen molar-refractivity contribution in [2.45, 2.75) is 25.4 Å². The molecule has 0 radical (unpaired) electrons. The highest BCUT2D eigenvalue weighted by Gasteiger charge is 2.19. The number of rotatable bonds is 4. The highest BCUT2D eigenvalue weighted by atomic mass is 35.5. The Morgan fingerprint density at radius 3 is 2.72 bits per heavy atom. The van der Waals surface area contributed by atoms with Gasteiger partial charge in [0, 0.05) is 17.1 Å². The second-order valence-electron chi connectivity index (χ2n) is 4.76. The lowest BCUT2D eigenvalue weighted by atomic mass is 10.1. The molecule has 0 unspecified atom stereocenters. The van der Waals surface area contributed by atoms with Crippen LogP contribution < -0.4 is 4.74 Å². The summed E-state index contributed by atoms with van der Waals surface area (Å²) in [6.45, 7) is 2.79. The highest BCUT2D eigenvalue weighted by molar-refractivity contribution is 6.30. The van der Waals surface area contributed by atoms with E-state index in [2.05, 4.69) is 4.90 Å². The summed E-state index contributed by atoms with van der Waals surface area (Å²) in [6, 6.07) is 5.36. The fourth-order valence-electron chi connectivity index (χ4n) is 2.45. The minimum atomic E-state index is -0.545. The second kappa shape index (κ2) is 6.41. The number of β-amino-alcohol motifs (C(OH)–C–C–N with tert-alkyl or cyclic N) is 1. The number of aliphatic hydroxyl groups is 1. The van der Waals surface area contributed by atoms with Gasteiger partial charge in [0.25, 0.3) is 0 Å². The van der Waals surface area contributed by atoms with E-state index in [0.29, 0.717) is 17.3 Å². The smallest absolute Gasteiger partial charge is 0.124 e. The Labute approximate surface area is 113 Å². The van der Waals surface area contributed by atoms with E-state index in [1.165, 1.54) is 19.3 Å². The van der Waals surface area contributed by atoms with Gasteiger partial charge in [-0.05, 0) is 44.1 Å². The molecule has 4 heteroatoms. The third-order valence-corrected chi connectivity index (χ3v) is 3.67. The number of hydrogen-bond donors (Lipinski definition) is 1. The second-order valence-corrected chi connectivity index (χ2v) is 5.20. The summed E-state index contributed by atoms with van der Waals surface area (Å²) in [5, 5.41) is 11.0. The summed E-state index contributed by atoms with van der Waals surface area (Å²) < 4.78 is 5.27. The maximum atomic E-state index is 10.3. The van der Waals surface area contributed by atoms with E-state index in [4.69, 9.17) is 16.3 Å². The van der Waals surface area contributed by atoms with Crippen LogP contribution in [0.25, 0.3) is 0 Å². The van der Waals surface area contributed by atoms with Crippen molar-refractivity contribution in [3.8, 4) is 5.75 Å². The molecule has 0 aromatic heterocycles. The molecule has 18 heavy (non-hydrogen) atoms. The van der Waals surface area contributed by atoms with Crippen LogP contribution in [0.3, 0.4) is 0 Å². The van der Waals surface area contributed by atoms with Gasteiger partial charge in [0.1, 0.15) is 5.75 Å². The van der Waals surface area contributed by atoms with Crippen molar-refractivity contribution in [1.29, 1.82) is 0 Å². The number of hydrogen-bond acceptors (Lipinski definition) is 3. The van der Waals surface area contributed by atoms with Crippen molar-refractivity contribution < 1.29 is 9.84 Å². The van der Waals surface area contributed by atoms with Crippen LogP contribution in [0, 0.1) is 0 Å². The summed E-state index contributed by atoms with van der Waals surface area (Å²) in [5.41, 5.74) is 0.774. The van der Waals surface area contributed by atoms with Crippen LogP contribution in [0.1, 0.15) is 30.9 Å². The monoisotopic (exact) mass is 269 g/mol. The van der Waals surface area contributed by atoms with Crippen LogP contribution >= 0.6 is 11.6 Å². The van der Waals surface area contributed by atoms with Crippen LogP contribution in [0.5, 0.6) is 5.75 Å². The Bertz CT molecular complexity index is 391. The van der Waals surface area contributed by atoms with E-state index in [-0.39, 0.29) is 0 Å². The summed E-state index contributed by atoms with van der Waals surface area (Å²) in [5.74, 6) is 0.698. The average molecular weight is 270 g/mol. The lowest BCUT2D eigenvalue weighted by Crippen LogP contribution is -2.33. The van der Waals surface area contributed by atoms with Crippen LogP contribution in [0.4, 0.5) is 0 Å². The first-order chi connectivity index (χ1) is 8.70. The van der Waals surface area contributed by atoms with Crippen molar-refractivity contribution >= 4 is 11.6 Å². The molecule has 1 heterocycles. The average Bonchev–Trinajstić information content (AvgIpc) is 2.40. The number of likely N-dealkylation sites (tertiary alicyclic amines) is 1. The van der Waals surface area contributed by atoms with E-state index < -0.39 is 6.10 Å². The number of nitrogens with zero attached hydrogens (tertiary/aromatic N) is 1. The minimum absolute atomic E-state index is 0.545. The first-order valence-electron chi connectivity index (χ1n) is 6.44. The zero-order valence-corrected chi connectivity index (χ0v) is 11.5. The molecule has 100 valence electrons. The van der Waals surface area contributed by atoms with Gasteiger partial charge in [0.2, 0.25) is 0 Å². The zero-order valence-electron chi connectivity index (χ0n) is 10.7. The quantitative estimate of drug-likeness (QED) is 0.912. The first-order valence-corrected chi connectivity index (χ1v) is 6.82. The predicted molar refractivity (Wildman–Crippen MR) is 73.3 cm³/mol. The fraction of sp³-hybridized carbons (Fsp3) is 0.571. The van der Waals surface area contributed by atoms with Crippen LogP contribution in [0.15, 0.2) is 18.2 Å². The molecule has 0 amide bonds. The number of aliphatic hydroxyl groups excluding tert-OH is 1. The van der Waals surface area contributed by atoms with E-state index in [9.17, 15) is 5.11 Å². The van der Waals surface area contributed by atoms with E-state index >= 15 is 0 Å². The molecule has 1 aromatic carbocycles. The molecular formula is C14H20ClNO2. The Kier molecular flexibility index (Phi) is 4.87. The van der Waals surface area contributed by atoms with Gasteiger partial charge in [-0.25, -0.2) is 0 Å². The largest absolute Gasteiger partial charge is 0.496 e. The molecule has 0 aliphatic carbocycles. The number of ether oxygens (including phenoxy) is 1. The Morgan fingerprint density at radius 2 is 2.06 bits per heavy atom. The topological polar surface area (TPSA) is 32.7 Å². The standard InChI is InChI=1S/C14H20ClNO2/c1-18-14-6-5-11(15)9-12(14)13(17)10-16-7-3-2-4-8-16/h5-6,9,13,17H,2-4,7-8,10H2,1H3/t13-/m0/s1. The normalized spacial score (nSPS) is 18.6. The molecule has 0 saturated carbocycles. The van der Waals surface area contributed by atoms with Crippen molar-refractivity contribution in [3.05, 3.63) is 28.8 Å². The van der Waals surface area contributed by atoms with Gasteiger partial charge >= 0.3 is 0 Å². The molecule has 3 nitrogen and oxygen atoms in total. The Hall–Kier alpha value is -0.770. The van der Waals surface area contributed by atoms with Crippen molar-refractivity contribution in [2.75, 3.05) is 26.7 Å². The molecule has 1 N–H and O–H groups in total. The third-order valence-electron chi connectivity index (χ3n) is 3.43. The first kappa shape index (κ1) is 13.7. The maximum absolute atomic E-state index is 10.3. The SMILES string of the molecule is COc1ccc(Cl)cc1[C@@H](O)CN1CCCCC1. The summed E-state index contributed by atoms with van der Waals surface area (Å²) >= 11 is 5.98. The number of benzene rings is 1. The number of halogens is 1. The van der Waals surface area contributed by atoms with Gasteiger partial charge in [0.15, 0.2) is 0 Å². The third kappa shape index (κ3) is 3.37. The van der Waals surface area contributed by atoms with Gasteiger partial charge in [-0.1, -0.05) is 18.0 Å². The van der Waals surface area contributed by atoms with Crippen LogP contribution in [0.2, 0.25) is 5.02 Å². The van der Waals surface area contributed by atoms with E-state index in [1.54, 1.807) is 25.3 Å². The maximum Gasteiger partial charge on any atom is 0.124 e. The van der Waals surface area contributed by atoms with Crippen LogP contribution in [-0.2, 0) is 0 Å². The Balaban J connectivity index is 2.07. The van der Waals surface area contributed by atoms with Crippen LogP contribution in [-0.4, -0.2) is 36.8 Å². The molecule has 1 aromatic rings. The van der Waals surface area contributed by atoms with Gasteiger partial charge in [-0.3, -0.25) is 0 Å². The summed E-state index contributed by atoms with van der Waals surface area (Å²) in [6.07, 6.45) is 3.20. The number of methoxy groups -OCH3 is 1. The fourth-order valence-corrected chi connectivity index (χ4v) is 2.63. The Morgan fingerprint density at radius 1 is 1.33 bits per heavy atom. The lowest BCUT2D eigenvalue weighted by molar-refractivity contribution is 0.0994. The summed E-state index contributed by atoms with van der Waals surface area (Å²) in [4.78, 5) is 2.30. The lowest BCUT2D eigenvalue weighted by Gasteiger charge is -2.29.